The van der Waals surface area contributed by atoms with Crippen LogP contribution in [0.4, 0.5) is 10.1 Å². The van der Waals surface area contributed by atoms with Gasteiger partial charge in [-0.1, -0.05) is 12.1 Å². The lowest BCUT2D eigenvalue weighted by atomic mass is 10.1. The van der Waals surface area contributed by atoms with Gasteiger partial charge in [0.2, 0.25) is 0 Å². The Bertz CT molecular complexity index is 924. The fraction of sp³-hybridized carbons (Fsp3) is 0.158. The monoisotopic (exact) mass is 450 g/mol. The summed E-state index contributed by atoms with van der Waals surface area (Å²) < 4.78 is 24.5. The number of aromatic nitrogens is 1. The van der Waals surface area contributed by atoms with Crippen LogP contribution < -0.4 is 14.4 Å². The summed E-state index contributed by atoms with van der Waals surface area (Å²) in [6, 6.07) is 11.3. The molecule has 0 atom stereocenters. The van der Waals surface area contributed by atoms with Crippen molar-refractivity contribution in [2.24, 2.45) is 0 Å². The first-order chi connectivity index (χ1) is 13.0. The molecule has 0 aliphatic heterocycles. The van der Waals surface area contributed by atoms with Crippen LogP contribution in [0.1, 0.15) is 15.2 Å². The highest BCUT2D eigenvalue weighted by Crippen LogP contribution is 2.31. The molecule has 0 spiro atoms. The minimum absolute atomic E-state index is 0.224. The number of hydrogen-bond acceptors (Lipinski definition) is 5. The summed E-state index contributed by atoms with van der Waals surface area (Å²) in [5, 5.41) is 0. The molecular weight excluding hydrogens is 435 g/mol. The summed E-state index contributed by atoms with van der Waals surface area (Å²) in [5.74, 6) is 0.572. The van der Waals surface area contributed by atoms with Crippen molar-refractivity contribution < 1.29 is 18.7 Å². The zero-order valence-corrected chi connectivity index (χ0v) is 17.0. The van der Waals surface area contributed by atoms with Crippen LogP contribution in [-0.4, -0.2) is 25.1 Å². The number of ether oxygens (including phenoxy) is 2. The van der Waals surface area contributed by atoms with Gasteiger partial charge in [-0.15, -0.1) is 11.3 Å². The first-order valence-electron chi connectivity index (χ1n) is 7.91. The van der Waals surface area contributed by atoms with Gasteiger partial charge in [-0.2, -0.15) is 0 Å². The lowest BCUT2D eigenvalue weighted by Gasteiger charge is -2.23. The van der Waals surface area contributed by atoms with Crippen LogP contribution in [0.5, 0.6) is 11.5 Å². The summed E-state index contributed by atoms with van der Waals surface area (Å²) >= 11 is 4.52. The zero-order valence-electron chi connectivity index (χ0n) is 14.6. The molecular formula is C19H16BrFN2O3S. The second-order valence-corrected chi connectivity index (χ2v) is 7.87. The lowest BCUT2D eigenvalue weighted by molar-refractivity contribution is 0.0989. The molecule has 0 N–H and O–H groups in total. The van der Waals surface area contributed by atoms with Gasteiger partial charge >= 0.3 is 0 Å². The van der Waals surface area contributed by atoms with Crippen molar-refractivity contribution in [1.82, 2.24) is 4.98 Å². The third kappa shape index (κ3) is 4.64. The SMILES string of the molecule is COc1cc(OC)cc(N(Cc2ccc(F)cc2)C(=O)c2cnc(Br)s2)c1. The second-order valence-electron chi connectivity index (χ2n) is 5.57. The molecule has 0 bridgehead atoms. The van der Waals surface area contributed by atoms with Crippen LogP contribution in [0.2, 0.25) is 0 Å². The molecule has 2 aromatic carbocycles. The van der Waals surface area contributed by atoms with E-state index in [1.165, 1.54) is 29.7 Å². The number of anilines is 1. The average Bonchev–Trinajstić information content (AvgIpc) is 3.13. The molecule has 1 aromatic heterocycles. The summed E-state index contributed by atoms with van der Waals surface area (Å²) in [7, 11) is 3.09. The summed E-state index contributed by atoms with van der Waals surface area (Å²) in [5.41, 5.74) is 1.39. The molecule has 8 heteroatoms. The highest BCUT2D eigenvalue weighted by molar-refractivity contribution is 9.11. The largest absolute Gasteiger partial charge is 0.497 e. The minimum atomic E-state index is -0.328. The number of hydrogen-bond donors (Lipinski definition) is 0. The summed E-state index contributed by atoms with van der Waals surface area (Å²) in [6.07, 6.45) is 1.52. The Kier molecular flexibility index (Phi) is 6.08. The van der Waals surface area contributed by atoms with Gasteiger partial charge in [-0.25, -0.2) is 9.37 Å². The standard InChI is InChI=1S/C19H16BrFN2O3S/c1-25-15-7-14(8-16(9-15)26-2)23(11-12-3-5-13(21)6-4-12)18(24)17-10-22-19(20)27-17/h3-10H,11H2,1-2H3. The molecule has 1 heterocycles. The highest BCUT2D eigenvalue weighted by atomic mass is 79.9. The van der Waals surface area contributed by atoms with Crippen molar-refractivity contribution in [3.05, 3.63) is 68.8 Å². The molecule has 0 saturated carbocycles. The molecule has 3 aromatic rings. The van der Waals surface area contributed by atoms with E-state index >= 15 is 0 Å². The third-order valence-corrected chi connectivity index (χ3v) is 5.30. The van der Waals surface area contributed by atoms with Crippen LogP contribution in [0.15, 0.2) is 52.6 Å². The van der Waals surface area contributed by atoms with E-state index in [2.05, 4.69) is 20.9 Å². The smallest absolute Gasteiger partial charge is 0.270 e. The Morgan fingerprint density at radius 1 is 1.15 bits per heavy atom. The van der Waals surface area contributed by atoms with E-state index in [-0.39, 0.29) is 18.3 Å². The fourth-order valence-corrected chi connectivity index (χ4v) is 3.70. The van der Waals surface area contributed by atoms with E-state index in [0.29, 0.717) is 26.0 Å². The number of thiazole rings is 1. The number of carbonyl (C=O) groups excluding carboxylic acids is 1. The van der Waals surface area contributed by atoms with Crippen molar-refractivity contribution in [3.8, 4) is 11.5 Å². The van der Waals surface area contributed by atoms with Crippen molar-refractivity contribution >= 4 is 38.9 Å². The number of benzene rings is 2. The maximum absolute atomic E-state index is 13.2. The Morgan fingerprint density at radius 3 is 2.30 bits per heavy atom. The van der Waals surface area contributed by atoms with E-state index in [0.717, 1.165) is 5.56 Å². The number of nitrogens with zero attached hydrogens (tertiary/aromatic N) is 2. The fourth-order valence-electron chi connectivity index (χ4n) is 2.49. The van der Waals surface area contributed by atoms with Crippen LogP contribution >= 0.6 is 27.3 Å². The Balaban J connectivity index is 2.03. The number of methoxy groups -OCH3 is 2. The molecule has 0 fully saturated rings. The first kappa shape index (κ1) is 19.3. The Hall–Kier alpha value is -2.45. The maximum atomic E-state index is 13.2. The minimum Gasteiger partial charge on any atom is -0.497 e. The zero-order chi connectivity index (χ0) is 19.4. The molecule has 140 valence electrons. The number of amides is 1. The highest BCUT2D eigenvalue weighted by Gasteiger charge is 2.22. The first-order valence-corrected chi connectivity index (χ1v) is 9.52. The van der Waals surface area contributed by atoms with E-state index in [1.807, 2.05) is 0 Å². The Labute approximate surface area is 168 Å². The second kappa shape index (κ2) is 8.49. The quantitative estimate of drug-likeness (QED) is 0.535. The van der Waals surface area contributed by atoms with E-state index < -0.39 is 0 Å². The molecule has 0 aliphatic rings. The lowest BCUT2D eigenvalue weighted by Crippen LogP contribution is -2.30. The Morgan fingerprint density at radius 2 is 1.78 bits per heavy atom. The molecule has 0 saturated heterocycles. The van der Waals surface area contributed by atoms with Gasteiger partial charge in [0.05, 0.1) is 32.6 Å². The number of rotatable bonds is 6. The van der Waals surface area contributed by atoms with E-state index in [1.54, 1.807) is 49.5 Å². The van der Waals surface area contributed by atoms with Crippen molar-refractivity contribution in [2.45, 2.75) is 6.54 Å². The topological polar surface area (TPSA) is 51.7 Å². The molecule has 0 aliphatic carbocycles. The van der Waals surface area contributed by atoms with Crippen molar-refractivity contribution in [1.29, 1.82) is 0 Å². The van der Waals surface area contributed by atoms with Crippen molar-refractivity contribution in [2.75, 3.05) is 19.1 Å². The van der Waals surface area contributed by atoms with Gasteiger partial charge in [-0.05, 0) is 33.6 Å². The van der Waals surface area contributed by atoms with E-state index in [4.69, 9.17) is 9.47 Å². The van der Waals surface area contributed by atoms with Gasteiger partial charge in [-0.3, -0.25) is 4.79 Å². The van der Waals surface area contributed by atoms with Gasteiger partial charge < -0.3 is 14.4 Å². The van der Waals surface area contributed by atoms with Crippen LogP contribution in [0.25, 0.3) is 0 Å². The molecule has 0 unspecified atom stereocenters. The molecule has 27 heavy (non-hydrogen) atoms. The van der Waals surface area contributed by atoms with Gasteiger partial charge in [0.25, 0.3) is 5.91 Å². The number of halogens is 2. The van der Waals surface area contributed by atoms with Crippen LogP contribution in [0, 0.1) is 5.82 Å². The predicted octanol–water partition coefficient (Wildman–Crippen LogP) is 4.91. The molecule has 5 nitrogen and oxygen atoms in total. The third-order valence-electron chi connectivity index (χ3n) is 3.84. The van der Waals surface area contributed by atoms with Gasteiger partial charge in [0.1, 0.15) is 22.2 Å². The van der Waals surface area contributed by atoms with Gasteiger partial charge in [0.15, 0.2) is 3.92 Å². The van der Waals surface area contributed by atoms with Crippen LogP contribution in [-0.2, 0) is 6.54 Å². The molecule has 0 radical (unpaired) electrons. The van der Waals surface area contributed by atoms with Crippen molar-refractivity contribution in [3.63, 3.8) is 0 Å². The summed E-state index contributed by atoms with van der Waals surface area (Å²) in [4.78, 5) is 19.3. The maximum Gasteiger partial charge on any atom is 0.270 e. The molecule has 3 rings (SSSR count). The average molecular weight is 451 g/mol. The number of carbonyl (C=O) groups is 1. The van der Waals surface area contributed by atoms with Crippen LogP contribution in [0.3, 0.4) is 0 Å². The summed E-state index contributed by atoms with van der Waals surface area (Å²) in [6.45, 7) is 0.255. The normalized spacial score (nSPS) is 10.5. The molecule has 1 amide bonds. The van der Waals surface area contributed by atoms with Gasteiger partial charge in [0, 0.05) is 18.2 Å². The van der Waals surface area contributed by atoms with E-state index in [9.17, 15) is 9.18 Å². The predicted molar refractivity (Wildman–Crippen MR) is 106 cm³/mol.